The standard InChI is InChI=1S/C24H33N5O2/c1-16-5-8-22(31-4)21(13-16)27-24(30)29(15-19-6-7-19)20-9-11-28(12-10-20)23-25-17(2)14-18(3)26-23/h5,8,13-14,19-20H,6-7,9-12,15H2,1-4H3,(H,27,30). The Kier molecular flexibility index (Phi) is 6.30. The summed E-state index contributed by atoms with van der Waals surface area (Å²) in [6.07, 6.45) is 4.27. The molecule has 0 unspecified atom stereocenters. The van der Waals surface area contributed by atoms with Crippen molar-refractivity contribution in [3.8, 4) is 5.75 Å². The smallest absolute Gasteiger partial charge is 0.322 e. The maximum absolute atomic E-state index is 13.3. The van der Waals surface area contributed by atoms with Gasteiger partial charge < -0.3 is 19.9 Å². The van der Waals surface area contributed by atoms with Crippen LogP contribution < -0.4 is 15.0 Å². The molecule has 0 atom stereocenters. The molecule has 166 valence electrons. The van der Waals surface area contributed by atoms with Gasteiger partial charge in [0.05, 0.1) is 12.8 Å². The number of carbonyl (C=O) groups is 1. The normalized spacial score (nSPS) is 16.8. The number of ether oxygens (including phenoxy) is 1. The van der Waals surface area contributed by atoms with Crippen LogP contribution in [0, 0.1) is 26.7 Å². The molecule has 2 fully saturated rings. The molecule has 0 radical (unpaired) electrons. The largest absolute Gasteiger partial charge is 0.495 e. The molecule has 1 aliphatic carbocycles. The van der Waals surface area contributed by atoms with Crippen LogP contribution in [0.2, 0.25) is 0 Å². The minimum atomic E-state index is -0.0306. The number of carbonyl (C=O) groups excluding carboxylic acids is 1. The highest BCUT2D eigenvalue weighted by molar-refractivity contribution is 5.91. The van der Waals surface area contributed by atoms with Gasteiger partial charge in [0.15, 0.2) is 0 Å². The molecule has 1 saturated carbocycles. The lowest BCUT2D eigenvalue weighted by atomic mass is 10.0. The minimum Gasteiger partial charge on any atom is -0.495 e. The second-order valence-corrected chi connectivity index (χ2v) is 8.90. The number of urea groups is 1. The van der Waals surface area contributed by atoms with Crippen LogP contribution in [0.4, 0.5) is 16.4 Å². The maximum Gasteiger partial charge on any atom is 0.322 e. The van der Waals surface area contributed by atoms with Crippen LogP contribution >= 0.6 is 0 Å². The van der Waals surface area contributed by atoms with Gasteiger partial charge in [0.1, 0.15) is 5.75 Å². The van der Waals surface area contributed by atoms with Crippen molar-refractivity contribution >= 4 is 17.7 Å². The Morgan fingerprint density at radius 1 is 1.10 bits per heavy atom. The Hall–Kier alpha value is -2.83. The van der Waals surface area contributed by atoms with E-state index in [-0.39, 0.29) is 12.1 Å². The summed E-state index contributed by atoms with van der Waals surface area (Å²) in [5.74, 6) is 2.12. The van der Waals surface area contributed by atoms with Crippen molar-refractivity contribution in [2.24, 2.45) is 5.92 Å². The molecule has 1 aromatic heterocycles. The van der Waals surface area contributed by atoms with Gasteiger partial charge in [-0.2, -0.15) is 0 Å². The van der Waals surface area contributed by atoms with Crippen molar-refractivity contribution in [1.29, 1.82) is 0 Å². The molecule has 4 rings (SSSR count). The van der Waals surface area contributed by atoms with Crippen molar-refractivity contribution in [3.05, 3.63) is 41.2 Å². The van der Waals surface area contributed by atoms with Gasteiger partial charge in [-0.05, 0) is 76.1 Å². The predicted molar refractivity (Wildman–Crippen MR) is 123 cm³/mol. The Morgan fingerprint density at radius 2 is 1.77 bits per heavy atom. The zero-order chi connectivity index (χ0) is 22.0. The van der Waals surface area contributed by atoms with Gasteiger partial charge in [0, 0.05) is 37.1 Å². The molecule has 2 amide bonds. The summed E-state index contributed by atoms with van der Waals surface area (Å²) in [5.41, 5.74) is 3.80. The van der Waals surface area contributed by atoms with E-state index in [0.717, 1.165) is 61.1 Å². The summed E-state index contributed by atoms with van der Waals surface area (Å²) in [4.78, 5) is 26.8. The molecule has 1 N–H and O–H groups in total. The highest BCUT2D eigenvalue weighted by Gasteiger charge is 2.34. The molecule has 2 aromatic rings. The van der Waals surface area contributed by atoms with E-state index in [2.05, 4.69) is 25.1 Å². The molecule has 31 heavy (non-hydrogen) atoms. The average Bonchev–Trinajstić information content (AvgIpc) is 3.56. The van der Waals surface area contributed by atoms with Gasteiger partial charge in [0.25, 0.3) is 0 Å². The Balaban J connectivity index is 1.45. The second-order valence-electron chi connectivity index (χ2n) is 8.90. The zero-order valence-electron chi connectivity index (χ0n) is 19.0. The number of piperidine rings is 1. The third-order valence-corrected chi connectivity index (χ3v) is 6.17. The van der Waals surface area contributed by atoms with E-state index in [1.54, 1.807) is 7.11 Å². The van der Waals surface area contributed by atoms with E-state index in [0.29, 0.717) is 11.7 Å². The highest BCUT2D eigenvalue weighted by atomic mass is 16.5. The SMILES string of the molecule is COc1ccc(C)cc1NC(=O)N(CC1CC1)C1CCN(c2nc(C)cc(C)n2)CC1. The molecule has 0 spiro atoms. The zero-order valence-corrected chi connectivity index (χ0v) is 19.0. The van der Waals surface area contributed by atoms with Gasteiger partial charge in [-0.15, -0.1) is 0 Å². The van der Waals surface area contributed by atoms with E-state index < -0.39 is 0 Å². The molecule has 1 aromatic carbocycles. The van der Waals surface area contributed by atoms with Gasteiger partial charge in [-0.25, -0.2) is 14.8 Å². The van der Waals surface area contributed by atoms with E-state index >= 15 is 0 Å². The van der Waals surface area contributed by atoms with Crippen LogP contribution in [0.15, 0.2) is 24.3 Å². The van der Waals surface area contributed by atoms with Gasteiger partial charge in [-0.3, -0.25) is 0 Å². The van der Waals surface area contributed by atoms with Crippen LogP contribution in [0.1, 0.15) is 42.6 Å². The summed E-state index contributed by atoms with van der Waals surface area (Å²) < 4.78 is 5.45. The fraction of sp³-hybridized carbons (Fsp3) is 0.542. The topological polar surface area (TPSA) is 70.6 Å². The van der Waals surface area contributed by atoms with Crippen LogP contribution in [-0.2, 0) is 0 Å². The Labute approximate surface area is 184 Å². The quantitative estimate of drug-likeness (QED) is 0.749. The lowest BCUT2D eigenvalue weighted by molar-refractivity contribution is 0.170. The van der Waals surface area contributed by atoms with Crippen molar-refractivity contribution in [3.63, 3.8) is 0 Å². The number of aromatic nitrogens is 2. The van der Waals surface area contributed by atoms with E-state index in [1.165, 1.54) is 12.8 Å². The first-order valence-corrected chi connectivity index (χ1v) is 11.2. The van der Waals surface area contributed by atoms with Crippen LogP contribution in [0.5, 0.6) is 5.75 Å². The third-order valence-electron chi connectivity index (χ3n) is 6.17. The van der Waals surface area contributed by atoms with Gasteiger partial charge in [-0.1, -0.05) is 6.07 Å². The number of rotatable bonds is 6. The van der Waals surface area contributed by atoms with Gasteiger partial charge >= 0.3 is 6.03 Å². The Morgan fingerprint density at radius 3 is 2.39 bits per heavy atom. The lowest BCUT2D eigenvalue weighted by Crippen LogP contribution is -2.50. The molecule has 2 aliphatic rings. The summed E-state index contributed by atoms with van der Waals surface area (Å²) in [6, 6.07) is 8.04. The number of anilines is 2. The number of benzene rings is 1. The van der Waals surface area contributed by atoms with Crippen molar-refractivity contribution in [1.82, 2.24) is 14.9 Å². The first-order chi connectivity index (χ1) is 14.9. The van der Waals surface area contributed by atoms with Crippen LogP contribution in [0.3, 0.4) is 0 Å². The molecule has 7 nitrogen and oxygen atoms in total. The number of methoxy groups -OCH3 is 1. The summed E-state index contributed by atoms with van der Waals surface area (Å²) in [7, 11) is 1.63. The van der Waals surface area contributed by atoms with E-state index in [9.17, 15) is 4.79 Å². The molecular weight excluding hydrogens is 390 g/mol. The number of nitrogens with one attached hydrogen (secondary N) is 1. The van der Waals surface area contributed by atoms with Crippen LogP contribution in [-0.4, -0.2) is 53.7 Å². The van der Waals surface area contributed by atoms with E-state index in [1.807, 2.05) is 45.0 Å². The van der Waals surface area contributed by atoms with Crippen molar-refractivity contribution in [2.75, 3.05) is 37.0 Å². The second kappa shape index (κ2) is 9.12. The van der Waals surface area contributed by atoms with Crippen molar-refractivity contribution in [2.45, 2.75) is 52.5 Å². The molecular formula is C24H33N5O2. The lowest BCUT2D eigenvalue weighted by Gasteiger charge is -2.38. The highest BCUT2D eigenvalue weighted by Crippen LogP contribution is 2.33. The molecule has 1 saturated heterocycles. The van der Waals surface area contributed by atoms with Gasteiger partial charge in [0.2, 0.25) is 5.95 Å². The summed E-state index contributed by atoms with van der Waals surface area (Å²) in [6.45, 7) is 8.57. The molecule has 7 heteroatoms. The molecule has 0 bridgehead atoms. The predicted octanol–water partition coefficient (Wildman–Crippen LogP) is 4.32. The maximum atomic E-state index is 13.3. The minimum absolute atomic E-state index is 0.0306. The molecule has 1 aliphatic heterocycles. The number of aryl methyl sites for hydroxylation is 3. The number of nitrogens with zero attached hydrogens (tertiary/aromatic N) is 4. The van der Waals surface area contributed by atoms with E-state index in [4.69, 9.17) is 4.74 Å². The summed E-state index contributed by atoms with van der Waals surface area (Å²) in [5, 5.41) is 3.11. The Bertz CT molecular complexity index is 915. The number of amides is 2. The molecule has 2 heterocycles. The summed E-state index contributed by atoms with van der Waals surface area (Å²) >= 11 is 0. The first kappa shape index (κ1) is 21.4. The fourth-order valence-electron chi connectivity index (χ4n) is 4.31. The monoisotopic (exact) mass is 423 g/mol. The average molecular weight is 424 g/mol. The number of hydrogen-bond acceptors (Lipinski definition) is 5. The fourth-order valence-corrected chi connectivity index (χ4v) is 4.31. The number of hydrogen-bond donors (Lipinski definition) is 1. The van der Waals surface area contributed by atoms with Crippen molar-refractivity contribution < 1.29 is 9.53 Å². The third kappa shape index (κ3) is 5.27. The van der Waals surface area contributed by atoms with Crippen LogP contribution in [0.25, 0.3) is 0 Å². The first-order valence-electron chi connectivity index (χ1n) is 11.2.